The summed E-state index contributed by atoms with van der Waals surface area (Å²) in [5.74, 6) is 1.35. The predicted molar refractivity (Wildman–Crippen MR) is 85.9 cm³/mol. The van der Waals surface area contributed by atoms with E-state index >= 15 is 0 Å². The number of benzene rings is 1. The number of rotatable bonds is 5. The van der Waals surface area contributed by atoms with Crippen molar-refractivity contribution < 1.29 is 9.53 Å². The van der Waals surface area contributed by atoms with Crippen molar-refractivity contribution in [2.24, 2.45) is 5.92 Å². The lowest BCUT2D eigenvalue weighted by molar-refractivity contribution is -0.135. The second-order valence-corrected chi connectivity index (χ2v) is 5.67. The van der Waals surface area contributed by atoms with Crippen molar-refractivity contribution in [2.75, 3.05) is 38.2 Å². The number of nitrogens with zero attached hydrogens (tertiary/aromatic N) is 2. The lowest BCUT2D eigenvalue weighted by atomic mass is 10.0. The van der Waals surface area contributed by atoms with Gasteiger partial charge in [-0.1, -0.05) is 32.4 Å². The van der Waals surface area contributed by atoms with Gasteiger partial charge in [-0.05, 0) is 18.6 Å². The van der Waals surface area contributed by atoms with Gasteiger partial charge in [-0.2, -0.15) is 0 Å². The molecule has 0 aromatic heterocycles. The van der Waals surface area contributed by atoms with Crippen molar-refractivity contribution >= 4 is 11.6 Å². The topological polar surface area (TPSA) is 32.8 Å². The Morgan fingerprint density at radius 3 is 2.52 bits per heavy atom. The SMILES string of the molecule is CCC[C@H](C)C(=O)N1CCN(c2ccccc2OC)CC1. The first-order chi connectivity index (χ1) is 10.2. The zero-order valence-electron chi connectivity index (χ0n) is 13.3. The molecule has 1 aromatic carbocycles. The van der Waals surface area contributed by atoms with Crippen LogP contribution in [-0.2, 0) is 4.79 Å². The largest absolute Gasteiger partial charge is 0.495 e. The third-order valence-corrected chi connectivity index (χ3v) is 4.16. The molecule has 0 saturated carbocycles. The highest BCUT2D eigenvalue weighted by Gasteiger charge is 2.25. The van der Waals surface area contributed by atoms with E-state index in [1.807, 2.05) is 30.0 Å². The summed E-state index contributed by atoms with van der Waals surface area (Å²) in [6.45, 7) is 7.49. The van der Waals surface area contributed by atoms with Gasteiger partial charge in [-0.3, -0.25) is 4.79 Å². The molecule has 0 N–H and O–H groups in total. The minimum absolute atomic E-state index is 0.146. The van der Waals surface area contributed by atoms with E-state index < -0.39 is 0 Å². The van der Waals surface area contributed by atoms with Crippen LogP contribution >= 0.6 is 0 Å². The molecule has 1 saturated heterocycles. The molecule has 1 amide bonds. The van der Waals surface area contributed by atoms with Gasteiger partial charge in [0.1, 0.15) is 5.75 Å². The van der Waals surface area contributed by atoms with Gasteiger partial charge in [-0.15, -0.1) is 0 Å². The summed E-state index contributed by atoms with van der Waals surface area (Å²) >= 11 is 0. The quantitative estimate of drug-likeness (QED) is 0.836. The van der Waals surface area contributed by atoms with Gasteiger partial charge in [0.15, 0.2) is 0 Å². The number of piperazine rings is 1. The monoisotopic (exact) mass is 290 g/mol. The zero-order valence-corrected chi connectivity index (χ0v) is 13.3. The van der Waals surface area contributed by atoms with Crippen molar-refractivity contribution in [2.45, 2.75) is 26.7 Å². The van der Waals surface area contributed by atoms with Gasteiger partial charge in [-0.25, -0.2) is 0 Å². The average Bonchev–Trinajstić information content (AvgIpc) is 2.54. The molecule has 1 heterocycles. The van der Waals surface area contributed by atoms with Crippen LogP contribution in [-0.4, -0.2) is 44.1 Å². The highest BCUT2D eigenvalue weighted by molar-refractivity contribution is 5.78. The van der Waals surface area contributed by atoms with Gasteiger partial charge in [0, 0.05) is 32.1 Å². The molecule has 21 heavy (non-hydrogen) atoms. The molecule has 0 unspecified atom stereocenters. The number of anilines is 1. The van der Waals surface area contributed by atoms with Crippen molar-refractivity contribution in [3.05, 3.63) is 24.3 Å². The third-order valence-electron chi connectivity index (χ3n) is 4.16. The van der Waals surface area contributed by atoms with E-state index in [2.05, 4.69) is 17.9 Å². The van der Waals surface area contributed by atoms with Gasteiger partial charge in [0.2, 0.25) is 5.91 Å². The van der Waals surface area contributed by atoms with Gasteiger partial charge in [0.25, 0.3) is 0 Å². The number of carbonyl (C=O) groups is 1. The molecule has 4 heteroatoms. The van der Waals surface area contributed by atoms with E-state index in [1.54, 1.807) is 7.11 Å². The van der Waals surface area contributed by atoms with Crippen LogP contribution in [0.4, 0.5) is 5.69 Å². The fourth-order valence-corrected chi connectivity index (χ4v) is 2.93. The number of carbonyl (C=O) groups excluding carboxylic acids is 1. The van der Waals surface area contributed by atoms with Crippen LogP contribution in [0.15, 0.2) is 24.3 Å². The van der Waals surface area contributed by atoms with Crippen molar-refractivity contribution in [1.29, 1.82) is 0 Å². The fourth-order valence-electron chi connectivity index (χ4n) is 2.93. The Labute approximate surface area is 127 Å². The molecule has 0 spiro atoms. The van der Waals surface area contributed by atoms with Crippen molar-refractivity contribution in [3.63, 3.8) is 0 Å². The van der Waals surface area contributed by atoms with Crippen molar-refractivity contribution in [1.82, 2.24) is 4.90 Å². The minimum Gasteiger partial charge on any atom is -0.495 e. The third kappa shape index (κ3) is 3.69. The van der Waals surface area contributed by atoms with E-state index in [1.165, 1.54) is 0 Å². The first kappa shape index (κ1) is 15.7. The maximum atomic E-state index is 12.3. The van der Waals surface area contributed by atoms with E-state index in [0.29, 0.717) is 5.91 Å². The van der Waals surface area contributed by atoms with Crippen LogP contribution < -0.4 is 9.64 Å². The standard InChI is InChI=1S/C17H26N2O2/c1-4-7-14(2)17(20)19-12-10-18(11-13-19)15-8-5-6-9-16(15)21-3/h5-6,8-9,14H,4,7,10-13H2,1-3H3/t14-/m0/s1. The van der Waals surface area contributed by atoms with Gasteiger partial charge < -0.3 is 14.5 Å². The summed E-state index contributed by atoms with van der Waals surface area (Å²) in [5.41, 5.74) is 1.12. The molecular weight excluding hydrogens is 264 g/mol. The summed E-state index contributed by atoms with van der Waals surface area (Å²) < 4.78 is 5.42. The summed E-state index contributed by atoms with van der Waals surface area (Å²) in [6, 6.07) is 8.07. The Morgan fingerprint density at radius 1 is 1.24 bits per heavy atom. The number of ether oxygens (including phenoxy) is 1. The Kier molecular flexibility index (Phi) is 5.48. The highest BCUT2D eigenvalue weighted by Crippen LogP contribution is 2.28. The molecule has 0 radical (unpaired) electrons. The average molecular weight is 290 g/mol. The number of para-hydroxylation sites is 2. The summed E-state index contributed by atoms with van der Waals surface area (Å²) in [6.07, 6.45) is 2.04. The molecule has 2 rings (SSSR count). The molecule has 1 aliphatic rings. The van der Waals surface area contributed by atoms with Gasteiger partial charge in [0.05, 0.1) is 12.8 Å². The summed E-state index contributed by atoms with van der Waals surface area (Å²) in [5, 5.41) is 0. The van der Waals surface area contributed by atoms with Crippen LogP contribution in [0.5, 0.6) is 5.75 Å². The molecular formula is C17H26N2O2. The zero-order chi connectivity index (χ0) is 15.2. The van der Waals surface area contributed by atoms with Crippen LogP contribution in [0.1, 0.15) is 26.7 Å². The second kappa shape index (κ2) is 7.34. The van der Waals surface area contributed by atoms with Crippen molar-refractivity contribution in [3.8, 4) is 5.75 Å². The Hall–Kier alpha value is -1.71. The van der Waals surface area contributed by atoms with E-state index in [-0.39, 0.29) is 5.92 Å². The smallest absolute Gasteiger partial charge is 0.225 e. The van der Waals surface area contributed by atoms with Crippen LogP contribution in [0, 0.1) is 5.92 Å². The predicted octanol–water partition coefficient (Wildman–Crippen LogP) is 2.78. The fraction of sp³-hybridized carbons (Fsp3) is 0.588. The number of hydrogen-bond donors (Lipinski definition) is 0. The Balaban J connectivity index is 1.95. The van der Waals surface area contributed by atoms with Crippen LogP contribution in [0.2, 0.25) is 0 Å². The van der Waals surface area contributed by atoms with Crippen LogP contribution in [0.25, 0.3) is 0 Å². The molecule has 116 valence electrons. The minimum atomic E-state index is 0.146. The Bertz CT molecular complexity index is 468. The molecule has 1 atom stereocenters. The summed E-state index contributed by atoms with van der Waals surface area (Å²) in [7, 11) is 1.70. The van der Waals surface area contributed by atoms with E-state index in [4.69, 9.17) is 4.74 Å². The first-order valence-corrected chi connectivity index (χ1v) is 7.84. The molecule has 4 nitrogen and oxygen atoms in total. The van der Waals surface area contributed by atoms with Gasteiger partial charge >= 0.3 is 0 Å². The van der Waals surface area contributed by atoms with E-state index in [0.717, 1.165) is 50.5 Å². The first-order valence-electron chi connectivity index (χ1n) is 7.84. The molecule has 1 aromatic rings. The lowest BCUT2D eigenvalue weighted by Gasteiger charge is -2.37. The molecule has 1 aliphatic heterocycles. The summed E-state index contributed by atoms with van der Waals surface area (Å²) in [4.78, 5) is 16.6. The molecule has 0 aliphatic carbocycles. The maximum absolute atomic E-state index is 12.3. The molecule has 0 bridgehead atoms. The van der Waals surface area contributed by atoms with Crippen LogP contribution in [0.3, 0.4) is 0 Å². The number of methoxy groups -OCH3 is 1. The Morgan fingerprint density at radius 2 is 1.90 bits per heavy atom. The highest BCUT2D eigenvalue weighted by atomic mass is 16.5. The second-order valence-electron chi connectivity index (χ2n) is 5.67. The number of hydrogen-bond acceptors (Lipinski definition) is 3. The maximum Gasteiger partial charge on any atom is 0.225 e. The molecule has 1 fully saturated rings. The normalized spacial score (nSPS) is 16.7. The lowest BCUT2D eigenvalue weighted by Crippen LogP contribution is -2.50. The number of amides is 1. The van der Waals surface area contributed by atoms with E-state index in [9.17, 15) is 4.79 Å².